The summed E-state index contributed by atoms with van der Waals surface area (Å²) in [5, 5.41) is 2.80. The number of carbonyl (C=O) groups is 2. The molecule has 0 atom stereocenters. The smallest absolute Gasteiger partial charge is 0.317 e. The molecule has 2 aromatic rings. The average Bonchev–Trinajstić information content (AvgIpc) is 3.25. The number of rotatable bonds is 3. The second kappa shape index (κ2) is 6.38. The van der Waals surface area contributed by atoms with Crippen molar-refractivity contribution >= 4 is 11.9 Å². The lowest BCUT2D eigenvalue weighted by molar-refractivity contribution is 0.0634. The van der Waals surface area contributed by atoms with Crippen LogP contribution in [-0.4, -0.2) is 47.9 Å². The van der Waals surface area contributed by atoms with E-state index in [1.165, 1.54) is 6.26 Å². The summed E-state index contributed by atoms with van der Waals surface area (Å²) in [6.07, 6.45) is 3.05. The monoisotopic (exact) mass is 303 g/mol. The lowest BCUT2D eigenvalue weighted by Crippen LogP contribution is -2.53. The van der Waals surface area contributed by atoms with E-state index in [1.54, 1.807) is 40.3 Å². The van der Waals surface area contributed by atoms with E-state index in [1.807, 2.05) is 0 Å². The lowest BCUT2D eigenvalue weighted by Gasteiger charge is -2.34. The standard InChI is InChI=1S/C15H17N3O4/c19-14(13-4-2-10-22-13)17-5-7-18(8-6-17)15(20)16-11-12-3-1-9-21-12/h1-4,9-10H,5-8,11H2,(H,16,20). The summed E-state index contributed by atoms with van der Waals surface area (Å²) in [5.74, 6) is 0.899. The minimum Gasteiger partial charge on any atom is -0.467 e. The van der Waals surface area contributed by atoms with Crippen LogP contribution in [0.15, 0.2) is 45.6 Å². The van der Waals surface area contributed by atoms with Crippen molar-refractivity contribution in [1.82, 2.24) is 15.1 Å². The minimum absolute atomic E-state index is 0.138. The third-order valence-corrected chi connectivity index (χ3v) is 3.58. The Morgan fingerprint density at radius 2 is 1.68 bits per heavy atom. The molecule has 3 heterocycles. The SMILES string of the molecule is O=C(NCc1ccco1)N1CCN(C(=O)c2ccco2)CC1. The Balaban J connectivity index is 1.47. The van der Waals surface area contributed by atoms with E-state index < -0.39 is 0 Å². The summed E-state index contributed by atoms with van der Waals surface area (Å²) >= 11 is 0. The summed E-state index contributed by atoms with van der Waals surface area (Å²) in [7, 11) is 0. The zero-order valence-electron chi connectivity index (χ0n) is 12.0. The first-order valence-corrected chi connectivity index (χ1v) is 7.12. The van der Waals surface area contributed by atoms with Crippen molar-refractivity contribution in [2.24, 2.45) is 0 Å². The highest BCUT2D eigenvalue weighted by molar-refractivity contribution is 5.91. The van der Waals surface area contributed by atoms with Crippen LogP contribution in [-0.2, 0) is 6.54 Å². The van der Waals surface area contributed by atoms with E-state index in [-0.39, 0.29) is 11.9 Å². The molecule has 0 bridgehead atoms. The number of amides is 3. The highest BCUT2D eigenvalue weighted by atomic mass is 16.3. The maximum atomic E-state index is 12.1. The molecule has 3 rings (SSSR count). The van der Waals surface area contributed by atoms with Gasteiger partial charge in [0.2, 0.25) is 0 Å². The van der Waals surface area contributed by atoms with Gasteiger partial charge < -0.3 is 24.0 Å². The van der Waals surface area contributed by atoms with E-state index >= 15 is 0 Å². The van der Waals surface area contributed by atoms with Crippen LogP contribution in [0.25, 0.3) is 0 Å². The Hall–Kier alpha value is -2.70. The molecule has 0 aliphatic carbocycles. The van der Waals surface area contributed by atoms with Gasteiger partial charge in [0, 0.05) is 26.2 Å². The molecule has 116 valence electrons. The number of piperazine rings is 1. The highest BCUT2D eigenvalue weighted by Gasteiger charge is 2.25. The number of furan rings is 2. The number of urea groups is 1. The highest BCUT2D eigenvalue weighted by Crippen LogP contribution is 2.09. The van der Waals surface area contributed by atoms with Gasteiger partial charge in [-0.25, -0.2) is 4.79 Å². The zero-order valence-corrected chi connectivity index (χ0v) is 12.0. The molecule has 1 aliphatic heterocycles. The fraction of sp³-hybridized carbons (Fsp3) is 0.333. The fourth-order valence-electron chi connectivity index (χ4n) is 2.36. The first-order chi connectivity index (χ1) is 10.7. The Bertz CT molecular complexity index is 613. The molecule has 0 saturated carbocycles. The summed E-state index contributed by atoms with van der Waals surface area (Å²) in [6, 6.07) is 6.76. The van der Waals surface area contributed by atoms with Gasteiger partial charge in [0.15, 0.2) is 5.76 Å². The molecule has 1 aliphatic rings. The van der Waals surface area contributed by atoms with E-state index in [0.717, 1.165) is 0 Å². The molecule has 1 N–H and O–H groups in total. The van der Waals surface area contributed by atoms with Gasteiger partial charge in [-0.05, 0) is 24.3 Å². The van der Waals surface area contributed by atoms with Crippen LogP contribution in [0.4, 0.5) is 4.79 Å². The third-order valence-electron chi connectivity index (χ3n) is 3.58. The van der Waals surface area contributed by atoms with Crippen LogP contribution in [0.1, 0.15) is 16.3 Å². The topological polar surface area (TPSA) is 78.9 Å². The van der Waals surface area contributed by atoms with Crippen molar-refractivity contribution in [3.63, 3.8) is 0 Å². The van der Waals surface area contributed by atoms with Crippen LogP contribution in [0.5, 0.6) is 0 Å². The Labute approximate surface area is 127 Å². The maximum absolute atomic E-state index is 12.1. The van der Waals surface area contributed by atoms with Gasteiger partial charge in [0.1, 0.15) is 5.76 Å². The van der Waals surface area contributed by atoms with Crippen LogP contribution in [0.2, 0.25) is 0 Å². The van der Waals surface area contributed by atoms with Crippen LogP contribution in [0.3, 0.4) is 0 Å². The first kappa shape index (κ1) is 14.2. The molecular formula is C15H17N3O4. The van der Waals surface area contributed by atoms with Crippen molar-refractivity contribution in [2.45, 2.75) is 6.54 Å². The van der Waals surface area contributed by atoms with Gasteiger partial charge in [-0.3, -0.25) is 4.79 Å². The molecule has 0 aromatic carbocycles. The van der Waals surface area contributed by atoms with Gasteiger partial charge >= 0.3 is 6.03 Å². The van der Waals surface area contributed by atoms with Crippen molar-refractivity contribution in [1.29, 1.82) is 0 Å². The molecule has 2 aromatic heterocycles. The number of hydrogen-bond acceptors (Lipinski definition) is 4. The fourth-order valence-corrected chi connectivity index (χ4v) is 2.36. The number of carbonyl (C=O) groups excluding carboxylic acids is 2. The minimum atomic E-state index is -0.151. The van der Waals surface area contributed by atoms with Gasteiger partial charge in [-0.1, -0.05) is 0 Å². The van der Waals surface area contributed by atoms with Crippen LogP contribution >= 0.6 is 0 Å². The third kappa shape index (κ3) is 3.13. The second-order valence-corrected chi connectivity index (χ2v) is 4.99. The van der Waals surface area contributed by atoms with Gasteiger partial charge in [-0.15, -0.1) is 0 Å². The molecule has 1 saturated heterocycles. The maximum Gasteiger partial charge on any atom is 0.317 e. The van der Waals surface area contributed by atoms with E-state index in [4.69, 9.17) is 8.83 Å². The van der Waals surface area contributed by atoms with Crippen molar-refractivity contribution < 1.29 is 18.4 Å². The number of nitrogens with one attached hydrogen (secondary N) is 1. The number of hydrogen-bond donors (Lipinski definition) is 1. The molecule has 0 spiro atoms. The van der Waals surface area contributed by atoms with Crippen molar-refractivity contribution in [3.05, 3.63) is 48.3 Å². The molecule has 7 nitrogen and oxygen atoms in total. The van der Waals surface area contributed by atoms with E-state index in [9.17, 15) is 9.59 Å². The first-order valence-electron chi connectivity index (χ1n) is 7.12. The summed E-state index contributed by atoms with van der Waals surface area (Å²) in [5.41, 5.74) is 0. The quantitative estimate of drug-likeness (QED) is 0.933. The summed E-state index contributed by atoms with van der Waals surface area (Å²) < 4.78 is 10.3. The zero-order chi connectivity index (χ0) is 15.4. The molecule has 0 radical (unpaired) electrons. The molecule has 3 amide bonds. The Morgan fingerprint density at radius 1 is 1.00 bits per heavy atom. The summed E-state index contributed by atoms with van der Waals surface area (Å²) in [4.78, 5) is 27.5. The van der Waals surface area contributed by atoms with Gasteiger partial charge in [0.25, 0.3) is 5.91 Å². The molecule has 7 heteroatoms. The van der Waals surface area contributed by atoms with E-state index in [2.05, 4.69) is 5.32 Å². The van der Waals surface area contributed by atoms with E-state index in [0.29, 0.717) is 44.2 Å². The lowest BCUT2D eigenvalue weighted by atomic mass is 10.3. The molecule has 22 heavy (non-hydrogen) atoms. The normalized spacial score (nSPS) is 14.9. The number of nitrogens with zero attached hydrogens (tertiary/aromatic N) is 2. The average molecular weight is 303 g/mol. The predicted molar refractivity (Wildman–Crippen MR) is 77.1 cm³/mol. The van der Waals surface area contributed by atoms with Crippen LogP contribution in [0, 0.1) is 0 Å². The van der Waals surface area contributed by atoms with Gasteiger partial charge in [-0.2, -0.15) is 0 Å². The largest absolute Gasteiger partial charge is 0.467 e. The predicted octanol–water partition coefficient (Wildman–Crippen LogP) is 1.54. The van der Waals surface area contributed by atoms with Crippen molar-refractivity contribution in [2.75, 3.05) is 26.2 Å². The van der Waals surface area contributed by atoms with Crippen LogP contribution < -0.4 is 5.32 Å². The molecule has 0 unspecified atom stereocenters. The Kier molecular flexibility index (Phi) is 4.13. The molecule has 1 fully saturated rings. The molecular weight excluding hydrogens is 286 g/mol. The van der Waals surface area contributed by atoms with Gasteiger partial charge in [0.05, 0.1) is 19.1 Å². The second-order valence-electron chi connectivity index (χ2n) is 4.99. The van der Waals surface area contributed by atoms with Crippen molar-refractivity contribution in [3.8, 4) is 0 Å². The summed E-state index contributed by atoms with van der Waals surface area (Å²) in [6.45, 7) is 2.34. The Morgan fingerprint density at radius 3 is 2.32 bits per heavy atom.